The van der Waals surface area contributed by atoms with Gasteiger partial charge in [0, 0.05) is 29.8 Å². The molecule has 0 aliphatic heterocycles. The monoisotopic (exact) mass is 568 g/mol. The zero-order valence-electron chi connectivity index (χ0n) is 27.5. The van der Waals surface area contributed by atoms with E-state index in [0.717, 1.165) is 88.4 Å². The molecule has 1 fully saturated rings. The summed E-state index contributed by atoms with van der Waals surface area (Å²) in [6.07, 6.45) is 9.42. The third-order valence-electron chi connectivity index (χ3n) is 10.5. The van der Waals surface area contributed by atoms with Crippen molar-refractivity contribution in [3.05, 3.63) is 88.6 Å². The van der Waals surface area contributed by atoms with E-state index in [2.05, 4.69) is 94.9 Å². The molecule has 5 aromatic rings. The van der Waals surface area contributed by atoms with Gasteiger partial charge in [-0.25, -0.2) is 4.57 Å². The molecular weight excluding hydrogens is 524 g/mol. The molecule has 0 radical (unpaired) electrons. The molecule has 2 aromatic heterocycles. The number of nitriles is 1. The number of pyridine rings is 1. The van der Waals surface area contributed by atoms with Gasteiger partial charge in [0.1, 0.15) is 18.2 Å². The minimum absolute atomic E-state index is 0.00865. The highest BCUT2D eigenvalue weighted by Gasteiger charge is 2.40. The Morgan fingerprint density at radius 1 is 0.884 bits per heavy atom. The lowest BCUT2D eigenvalue weighted by molar-refractivity contribution is -0.660. The smallest absolute Gasteiger partial charge is 0.216 e. The fourth-order valence-electron chi connectivity index (χ4n) is 7.94. The Balaban J connectivity index is 1.58. The van der Waals surface area contributed by atoms with Gasteiger partial charge in [0.05, 0.1) is 17.2 Å². The Bertz CT molecular complexity index is 2000. The maximum Gasteiger partial charge on any atom is 0.216 e. The number of fused-ring (bicyclic) bond motifs is 4. The Labute approximate surface area is 257 Å². The average Bonchev–Trinajstić information content (AvgIpc) is 3.38. The molecule has 0 amide bonds. The predicted octanol–water partition coefficient (Wildman–Crippen LogP) is 10.3. The van der Waals surface area contributed by atoms with Crippen molar-refractivity contribution in [2.24, 2.45) is 7.05 Å². The summed E-state index contributed by atoms with van der Waals surface area (Å²) in [5.41, 5.74) is 11.2. The van der Waals surface area contributed by atoms with Crippen LogP contribution < -0.4 is 4.57 Å². The summed E-state index contributed by atoms with van der Waals surface area (Å²) in [5, 5.41) is 12.6. The van der Waals surface area contributed by atoms with Gasteiger partial charge in [0.2, 0.25) is 5.69 Å². The highest BCUT2D eigenvalue weighted by Crippen LogP contribution is 2.52. The number of aromatic nitrogens is 1. The second kappa shape index (κ2) is 10.1. The number of hydrogen-bond acceptors (Lipinski definition) is 2. The maximum absolute atomic E-state index is 10.5. The van der Waals surface area contributed by atoms with Gasteiger partial charge in [0.15, 0.2) is 6.20 Å². The highest BCUT2D eigenvalue weighted by molar-refractivity contribution is 6.14. The van der Waals surface area contributed by atoms with E-state index >= 15 is 0 Å². The van der Waals surface area contributed by atoms with Crippen molar-refractivity contribution in [1.29, 1.82) is 5.26 Å². The second-order valence-electron chi connectivity index (χ2n) is 14.3. The van der Waals surface area contributed by atoms with E-state index < -0.39 is 5.89 Å². The van der Waals surface area contributed by atoms with E-state index in [9.17, 15) is 6.63 Å². The van der Waals surface area contributed by atoms with E-state index in [1.165, 1.54) is 23.1 Å². The first-order chi connectivity index (χ1) is 20.9. The van der Waals surface area contributed by atoms with Crippen molar-refractivity contribution in [2.45, 2.75) is 96.3 Å². The molecule has 0 bridgehead atoms. The third-order valence-corrected chi connectivity index (χ3v) is 10.5. The van der Waals surface area contributed by atoms with Crippen LogP contribution in [0.2, 0.25) is 0 Å². The first-order valence-electron chi connectivity index (χ1n) is 16.5. The summed E-state index contributed by atoms with van der Waals surface area (Å²) < 4.78 is 19.0. The molecule has 3 aromatic carbocycles. The topological polar surface area (TPSA) is 40.8 Å². The van der Waals surface area contributed by atoms with Crippen LogP contribution in [0.15, 0.2) is 65.2 Å². The van der Waals surface area contributed by atoms with Gasteiger partial charge >= 0.3 is 0 Å². The molecule has 3 nitrogen and oxygen atoms in total. The van der Waals surface area contributed by atoms with E-state index in [4.69, 9.17) is 4.42 Å². The molecule has 1 saturated carbocycles. The highest BCUT2D eigenvalue weighted by atomic mass is 16.3. The molecule has 0 spiro atoms. The zero-order chi connectivity index (χ0) is 31.0. The molecule has 7 rings (SSSR count). The maximum atomic E-state index is 10.5. The first-order valence-corrected chi connectivity index (χ1v) is 16.0. The molecule has 2 aliphatic rings. The van der Waals surface area contributed by atoms with Crippen molar-refractivity contribution >= 4 is 21.9 Å². The largest absolute Gasteiger partial charge is 0.454 e. The van der Waals surface area contributed by atoms with Gasteiger partial charge in [0.25, 0.3) is 0 Å². The fourth-order valence-corrected chi connectivity index (χ4v) is 7.94. The summed E-state index contributed by atoms with van der Waals surface area (Å²) in [7, 11) is 2.06. The van der Waals surface area contributed by atoms with Crippen LogP contribution >= 0.6 is 0 Å². The van der Waals surface area contributed by atoms with Crippen molar-refractivity contribution in [2.75, 3.05) is 0 Å². The van der Waals surface area contributed by atoms with Crippen LogP contribution in [-0.2, 0) is 17.9 Å². The third kappa shape index (κ3) is 4.41. The Hall–Kier alpha value is -3.90. The van der Waals surface area contributed by atoms with Crippen molar-refractivity contribution in [3.63, 3.8) is 0 Å². The molecule has 2 heterocycles. The number of benzene rings is 3. The van der Waals surface area contributed by atoms with Crippen LogP contribution in [-0.4, -0.2) is 0 Å². The lowest BCUT2D eigenvalue weighted by atomic mass is 9.60. The van der Waals surface area contributed by atoms with Crippen LogP contribution in [0, 0.1) is 18.3 Å². The molecular formula is C40H43N2O+. The summed E-state index contributed by atoms with van der Waals surface area (Å²) in [6, 6.07) is 21.7. The summed E-state index contributed by atoms with van der Waals surface area (Å²) in [5.74, 6) is -0.621. The molecule has 0 saturated heterocycles. The van der Waals surface area contributed by atoms with Crippen LogP contribution in [0.25, 0.3) is 44.3 Å². The van der Waals surface area contributed by atoms with Crippen LogP contribution in [0.3, 0.4) is 0 Å². The van der Waals surface area contributed by atoms with Gasteiger partial charge in [-0.3, -0.25) is 0 Å². The Morgan fingerprint density at radius 3 is 2.30 bits per heavy atom. The molecule has 2 aliphatic carbocycles. The normalized spacial score (nSPS) is 19.1. The molecule has 218 valence electrons. The summed E-state index contributed by atoms with van der Waals surface area (Å²) in [4.78, 5) is 0. The van der Waals surface area contributed by atoms with Gasteiger partial charge in [-0.15, -0.1) is 0 Å². The fraction of sp³-hybridized carbons (Fsp3) is 0.400. The molecule has 43 heavy (non-hydrogen) atoms. The van der Waals surface area contributed by atoms with Crippen LogP contribution in [0.1, 0.15) is 108 Å². The summed E-state index contributed by atoms with van der Waals surface area (Å²) in [6.45, 7) is 11.6. The zero-order valence-corrected chi connectivity index (χ0v) is 26.5. The first kappa shape index (κ1) is 26.7. The van der Waals surface area contributed by atoms with E-state index in [1.54, 1.807) is 0 Å². The van der Waals surface area contributed by atoms with Crippen LogP contribution in [0.4, 0.5) is 0 Å². The van der Waals surface area contributed by atoms with Crippen molar-refractivity contribution < 1.29 is 10.4 Å². The van der Waals surface area contributed by atoms with Crippen LogP contribution in [0.5, 0.6) is 0 Å². The Kier molecular flexibility index (Phi) is 6.27. The number of aryl methyl sites for hydroxylation is 2. The van der Waals surface area contributed by atoms with Crippen molar-refractivity contribution in [1.82, 2.24) is 0 Å². The standard InChI is InChI=1S/C40H43N2O/c1-25-15-17-29-30-18-16-27(24-41)35(38(30)43-37(29)34(25)33-14-10-11-21-42(33)6)28-22-31(26-12-8-7-9-13-26)36-32(23-28)39(2,3)19-20-40(36,4)5/h10-11,14-18,21-23,26H,7-9,12-13,19-20H2,1-6H3/q+1/i26D. The number of furan rings is 1. The quantitative estimate of drug-likeness (QED) is 0.203. The minimum atomic E-state index is -0.621. The number of rotatable bonds is 3. The second-order valence-corrected chi connectivity index (χ2v) is 14.3. The van der Waals surface area contributed by atoms with Gasteiger partial charge in [-0.2, -0.15) is 5.26 Å². The van der Waals surface area contributed by atoms with Gasteiger partial charge < -0.3 is 4.42 Å². The van der Waals surface area contributed by atoms with E-state index in [0.29, 0.717) is 5.56 Å². The van der Waals surface area contributed by atoms with Gasteiger partial charge in [-0.05, 0) is 95.3 Å². The predicted molar refractivity (Wildman–Crippen MR) is 176 cm³/mol. The lowest BCUT2D eigenvalue weighted by Crippen LogP contribution is -2.35. The van der Waals surface area contributed by atoms with E-state index in [-0.39, 0.29) is 10.8 Å². The molecule has 3 heteroatoms. The minimum Gasteiger partial charge on any atom is -0.454 e. The summed E-state index contributed by atoms with van der Waals surface area (Å²) >= 11 is 0. The number of hydrogen-bond donors (Lipinski definition) is 0. The number of nitrogens with zero attached hydrogens (tertiary/aromatic N) is 2. The average molecular weight is 569 g/mol. The van der Waals surface area contributed by atoms with E-state index in [1.807, 2.05) is 18.2 Å². The molecule has 0 N–H and O–H groups in total. The van der Waals surface area contributed by atoms with Crippen molar-refractivity contribution in [3.8, 4) is 28.5 Å². The Morgan fingerprint density at radius 2 is 1.58 bits per heavy atom. The SMILES string of the molecule is [2H]C1(c2cc(-c3c(C#N)ccc4c3oc3c(-c5cccc[n+]5C)c(C)ccc34)cc3c2C(C)(C)CCC3(C)C)CCCCC1. The molecule has 0 atom stereocenters. The molecule has 0 unspecified atom stereocenters. The van der Waals surface area contributed by atoms with Gasteiger partial charge in [-0.1, -0.05) is 71.2 Å². The lowest BCUT2D eigenvalue weighted by Gasteiger charge is -2.45.